The lowest BCUT2D eigenvalue weighted by molar-refractivity contribution is -0.117. The predicted molar refractivity (Wildman–Crippen MR) is 84.7 cm³/mol. The van der Waals surface area contributed by atoms with Crippen LogP contribution in [0.3, 0.4) is 0 Å². The molecule has 7 heteroatoms. The number of rotatable bonds is 4. The van der Waals surface area contributed by atoms with Gasteiger partial charge in [-0.15, -0.1) is 0 Å². The first-order chi connectivity index (χ1) is 10.3. The number of fused-ring (bicyclic) bond motifs is 1. The van der Waals surface area contributed by atoms with E-state index in [4.69, 9.17) is 4.74 Å². The lowest BCUT2D eigenvalue weighted by Gasteiger charge is -2.33. The van der Waals surface area contributed by atoms with Crippen molar-refractivity contribution in [3.05, 3.63) is 18.2 Å². The summed E-state index contributed by atoms with van der Waals surface area (Å²) in [5, 5.41) is 0. The first-order valence-corrected chi connectivity index (χ1v) is 8.84. The zero-order chi connectivity index (χ0) is 16.5. The van der Waals surface area contributed by atoms with Gasteiger partial charge in [0.2, 0.25) is 15.9 Å². The fourth-order valence-electron chi connectivity index (χ4n) is 2.59. The highest BCUT2D eigenvalue weighted by atomic mass is 32.2. The van der Waals surface area contributed by atoms with Crippen LogP contribution in [0.5, 0.6) is 5.75 Å². The van der Waals surface area contributed by atoms with Crippen LogP contribution in [0.25, 0.3) is 0 Å². The molecule has 1 atom stereocenters. The number of hydrogen-bond acceptors (Lipinski definition) is 4. The van der Waals surface area contributed by atoms with E-state index in [0.717, 1.165) is 0 Å². The summed E-state index contributed by atoms with van der Waals surface area (Å²) in [6.45, 7) is 8.15. The van der Waals surface area contributed by atoms with E-state index < -0.39 is 10.0 Å². The van der Waals surface area contributed by atoms with Gasteiger partial charge in [0.05, 0.1) is 17.1 Å². The zero-order valence-corrected chi connectivity index (χ0v) is 14.2. The average molecular weight is 326 g/mol. The van der Waals surface area contributed by atoms with Gasteiger partial charge in [0.15, 0.2) is 0 Å². The van der Waals surface area contributed by atoms with Crippen molar-refractivity contribution in [2.45, 2.75) is 38.7 Å². The molecule has 1 aromatic carbocycles. The summed E-state index contributed by atoms with van der Waals surface area (Å²) in [6, 6.07) is 4.68. The monoisotopic (exact) mass is 326 g/mol. The highest BCUT2D eigenvalue weighted by Gasteiger charge is 2.29. The number of carbonyl (C=O) groups is 1. The van der Waals surface area contributed by atoms with Gasteiger partial charge in [0, 0.05) is 20.0 Å². The molecule has 0 saturated carbocycles. The molecule has 0 spiro atoms. The van der Waals surface area contributed by atoms with Gasteiger partial charge < -0.3 is 9.64 Å². The van der Waals surface area contributed by atoms with E-state index in [2.05, 4.69) is 0 Å². The van der Waals surface area contributed by atoms with Gasteiger partial charge in [-0.2, -0.15) is 4.31 Å². The third-order valence-electron chi connectivity index (χ3n) is 3.71. The molecule has 0 radical (unpaired) electrons. The van der Waals surface area contributed by atoms with Gasteiger partial charge in [-0.1, -0.05) is 13.8 Å². The molecule has 22 heavy (non-hydrogen) atoms. The largest absolute Gasteiger partial charge is 0.487 e. The molecular weight excluding hydrogens is 304 g/mol. The Kier molecular flexibility index (Phi) is 4.77. The normalized spacial score (nSPS) is 18.0. The Balaban J connectivity index is 2.51. The Morgan fingerprint density at radius 3 is 2.55 bits per heavy atom. The molecule has 1 aromatic rings. The number of benzene rings is 1. The van der Waals surface area contributed by atoms with Crippen molar-refractivity contribution in [1.29, 1.82) is 0 Å². The van der Waals surface area contributed by atoms with Crippen molar-refractivity contribution >= 4 is 21.6 Å². The van der Waals surface area contributed by atoms with Crippen LogP contribution in [-0.4, -0.2) is 44.4 Å². The number of amides is 1. The fourth-order valence-corrected chi connectivity index (χ4v) is 4.07. The Morgan fingerprint density at radius 1 is 1.36 bits per heavy atom. The minimum absolute atomic E-state index is 0.123. The van der Waals surface area contributed by atoms with E-state index >= 15 is 0 Å². The summed E-state index contributed by atoms with van der Waals surface area (Å²) >= 11 is 0. The van der Waals surface area contributed by atoms with Crippen LogP contribution >= 0.6 is 0 Å². The first-order valence-electron chi connectivity index (χ1n) is 7.40. The molecule has 2 rings (SSSR count). The highest BCUT2D eigenvalue weighted by molar-refractivity contribution is 7.89. The van der Waals surface area contributed by atoms with Gasteiger partial charge >= 0.3 is 0 Å². The maximum absolute atomic E-state index is 12.6. The zero-order valence-electron chi connectivity index (χ0n) is 13.4. The van der Waals surface area contributed by atoms with Crippen LogP contribution in [-0.2, 0) is 14.8 Å². The molecule has 0 N–H and O–H groups in total. The second-order valence-corrected chi connectivity index (χ2v) is 7.21. The summed E-state index contributed by atoms with van der Waals surface area (Å²) in [7, 11) is -3.56. The van der Waals surface area contributed by atoms with Crippen molar-refractivity contribution in [3.63, 3.8) is 0 Å². The van der Waals surface area contributed by atoms with Gasteiger partial charge in [-0.05, 0) is 25.1 Å². The number of carbonyl (C=O) groups excluding carboxylic acids is 1. The number of anilines is 1. The van der Waals surface area contributed by atoms with Crippen LogP contribution in [0.15, 0.2) is 23.1 Å². The first kappa shape index (κ1) is 16.8. The molecular formula is C15H22N2O4S. The van der Waals surface area contributed by atoms with Crippen LogP contribution in [0.4, 0.5) is 5.69 Å². The summed E-state index contributed by atoms with van der Waals surface area (Å²) < 4.78 is 32.3. The topological polar surface area (TPSA) is 66.9 Å². The summed E-state index contributed by atoms with van der Waals surface area (Å²) in [6.07, 6.45) is -0.123. The SMILES string of the molecule is CCN(CC)S(=O)(=O)c1ccc2c(c1)N(C(C)=O)CC(C)O2. The van der Waals surface area contributed by atoms with Crippen LogP contribution in [0.2, 0.25) is 0 Å². The molecule has 0 fully saturated rings. The highest BCUT2D eigenvalue weighted by Crippen LogP contribution is 2.36. The molecule has 1 heterocycles. The van der Waals surface area contributed by atoms with Crippen LogP contribution in [0.1, 0.15) is 27.7 Å². The second-order valence-electron chi connectivity index (χ2n) is 5.28. The lowest BCUT2D eigenvalue weighted by Crippen LogP contribution is -2.41. The Morgan fingerprint density at radius 2 is 2.00 bits per heavy atom. The van der Waals surface area contributed by atoms with Crippen molar-refractivity contribution in [2.24, 2.45) is 0 Å². The van der Waals surface area contributed by atoms with E-state index in [1.807, 2.05) is 6.92 Å². The van der Waals surface area contributed by atoms with Gasteiger partial charge in [0.1, 0.15) is 11.9 Å². The van der Waals surface area contributed by atoms with E-state index in [0.29, 0.717) is 31.1 Å². The Bertz CT molecular complexity index is 668. The van der Waals surface area contributed by atoms with Crippen molar-refractivity contribution in [2.75, 3.05) is 24.5 Å². The molecule has 1 unspecified atom stereocenters. The smallest absolute Gasteiger partial charge is 0.243 e. The van der Waals surface area contributed by atoms with Crippen molar-refractivity contribution in [3.8, 4) is 5.75 Å². The van der Waals surface area contributed by atoms with E-state index in [-0.39, 0.29) is 16.9 Å². The minimum Gasteiger partial charge on any atom is -0.487 e. The second kappa shape index (κ2) is 6.26. The molecule has 0 aliphatic carbocycles. The third-order valence-corrected chi connectivity index (χ3v) is 5.76. The van der Waals surface area contributed by atoms with Crippen molar-refractivity contribution < 1.29 is 17.9 Å². The lowest BCUT2D eigenvalue weighted by atomic mass is 10.2. The Hall–Kier alpha value is -1.60. The standard InChI is InChI=1S/C15H22N2O4S/c1-5-16(6-2)22(19,20)13-7-8-15-14(9-13)17(12(4)18)10-11(3)21-15/h7-9,11H,5-6,10H2,1-4H3. The molecule has 0 aromatic heterocycles. The maximum Gasteiger partial charge on any atom is 0.243 e. The van der Waals surface area contributed by atoms with Gasteiger partial charge in [-0.25, -0.2) is 8.42 Å². The van der Waals surface area contributed by atoms with Crippen LogP contribution in [0, 0.1) is 0 Å². The third kappa shape index (κ3) is 2.96. The van der Waals surface area contributed by atoms with Gasteiger partial charge in [0.25, 0.3) is 0 Å². The number of hydrogen-bond donors (Lipinski definition) is 0. The maximum atomic E-state index is 12.6. The molecule has 1 aliphatic rings. The summed E-state index contributed by atoms with van der Waals surface area (Å²) in [5.74, 6) is 0.404. The average Bonchev–Trinajstić information content (AvgIpc) is 2.46. The number of nitrogens with zero attached hydrogens (tertiary/aromatic N) is 2. The summed E-state index contributed by atoms with van der Waals surface area (Å²) in [5.41, 5.74) is 0.513. The molecule has 0 saturated heterocycles. The van der Waals surface area contributed by atoms with E-state index in [1.165, 1.54) is 23.4 Å². The van der Waals surface area contributed by atoms with E-state index in [9.17, 15) is 13.2 Å². The Labute approximate surface area is 131 Å². The molecule has 1 aliphatic heterocycles. The minimum atomic E-state index is -3.56. The van der Waals surface area contributed by atoms with E-state index in [1.54, 1.807) is 24.8 Å². The quantitative estimate of drug-likeness (QED) is 0.847. The number of ether oxygens (including phenoxy) is 1. The fraction of sp³-hybridized carbons (Fsp3) is 0.533. The predicted octanol–water partition coefficient (Wildman–Crippen LogP) is 1.85. The summed E-state index contributed by atoms with van der Waals surface area (Å²) in [4.78, 5) is 13.6. The molecule has 0 bridgehead atoms. The van der Waals surface area contributed by atoms with Crippen molar-refractivity contribution in [1.82, 2.24) is 4.31 Å². The van der Waals surface area contributed by atoms with Gasteiger partial charge in [-0.3, -0.25) is 4.79 Å². The molecule has 1 amide bonds. The number of sulfonamides is 1. The molecule has 6 nitrogen and oxygen atoms in total. The molecule has 122 valence electrons. The van der Waals surface area contributed by atoms with Crippen LogP contribution < -0.4 is 9.64 Å².